The first kappa shape index (κ1) is 16.7. The van der Waals surface area contributed by atoms with Crippen LogP contribution in [0.15, 0.2) is 0 Å². The molecule has 1 amide bonds. The van der Waals surface area contributed by atoms with Gasteiger partial charge in [-0.15, -0.1) is 0 Å². The summed E-state index contributed by atoms with van der Waals surface area (Å²) in [4.78, 5) is 18.1. The topological polar surface area (TPSA) is 26.8 Å². The number of hydrogen-bond donors (Lipinski definition) is 0. The maximum Gasteiger partial charge on any atom is 0.222 e. The molecule has 0 aromatic heterocycles. The lowest BCUT2D eigenvalue weighted by molar-refractivity contribution is -0.132. The molecule has 2 rings (SSSR count). The first-order valence-corrected chi connectivity index (χ1v) is 8.36. The number of amides is 1. The van der Waals surface area contributed by atoms with Crippen LogP contribution in [0.1, 0.15) is 40.0 Å². The zero-order valence-corrected chi connectivity index (χ0v) is 13.8. The first-order valence-electron chi connectivity index (χ1n) is 8.36. The summed E-state index contributed by atoms with van der Waals surface area (Å²) in [6, 6.07) is 0.512. The average Bonchev–Trinajstić information content (AvgIpc) is 2.47. The molecule has 2 heterocycles. The molecule has 0 N–H and O–H groups in total. The van der Waals surface area contributed by atoms with Crippen LogP contribution in [-0.4, -0.2) is 78.1 Å². The Labute approximate surface area is 128 Å². The number of rotatable bonds is 4. The number of hydrogen-bond acceptors (Lipinski definition) is 3. The highest BCUT2D eigenvalue weighted by atomic mass is 19.1. The zero-order chi connectivity index (χ0) is 15.5. The fourth-order valence-corrected chi connectivity index (χ4v) is 3.38. The lowest BCUT2D eigenvalue weighted by atomic mass is 9.91. The van der Waals surface area contributed by atoms with Crippen LogP contribution in [0.25, 0.3) is 0 Å². The van der Waals surface area contributed by atoms with Crippen LogP contribution in [0, 0.1) is 0 Å². The zero-order valence-electron chi connectivity index (χ0n) is 13.8. The monoisotopic (exact) mass is 299 g/mol. The van der Waals surface area contributed by atoms with E-state index in [-0.39, 0.29) is 5.91 Å². The van der Waals surface area contributed by atoms with Crippen molar-refractivity contribution >= 4 is 5.91 Å². The van der Waals surface area contributed by atoms with E-state index in [2.05, 4.69) is 23.6 Å². The third-order valence-corrected chi connectivity index (χ3v) is 4.96. The standard InChI is InChI=1S/C16H30FN3O/c1-4-15(21)20-11-9-18(10-12-20)13-16(17)5-7-19(8-6-16)14(2)3/h14H,4-13H2,1-3H3. The van der Waals surface area contributed by atoms with Gasteiger partial charge in [0.15, 0.2) is 0 Å². The molecule has 0 spiro atoms. The number of carbonyl (C=O) groups is 1. The lowest BCUT2D eigenvalue weighted by Gasteiger charge is -2.42. The Kier molecular flexibility index (Phi) is 5.60. The van der Waals surface area contributed by atoms with Crippen molar-refractivity contribution < 1.29 is 9.18 Å². The van der Waals surface area contributed by atoms with Crippen LogP contribution in [0.5, 0.6) is 0 Å². The number of alkyl halides is 1. The molecule has 21 heavy (non-hydrogen) atoms. The molecule has 4 nitrogen and oxygen atoms in total. The average molecular weight is 299 g/mol. The van der Waals surface area contributed by atoms with Crippen molar-refractivity contribution in [2.24, 2.45) is 0 Å². The maximum absolute atomic E-state index is 15.0. The molecule has 2 aliphatic rings. The van der Waals surface area contributed by atoms with Gasteiger partial charge in [-0.25, -0.2) is 4.39 Å². The Morgan fingerprint density at radius 1 is 1.10 bits per heavy atom. The summed E-state index contributed by atoms with van der Waals surface area (Å²) >= 11 is 0. The highest BCUT2D eigenvalue weighted by molar-refractivity contribution is 5.75. The molecule has 0 aromatic carbocycles. The van der Waals surface area contributed by atoms with Gasteiger partial charge in [-0.2, -0.15) is 0 Å². The number of carbonyl (C=O) groups excluding carboxylic acids is 1. The minimum Gasteiger partial charge on any atom is -0.340 e. The summed E-state index contributed by atoms with van der Waals surface area (Å²) < 4.78 is 15.0. The van der Waals surface area contributed by atoms with E-state index in [1.165, 1.54) is 0 Å². The Morgan fingerprint density at radius 2 is 1.67 bits per heavy atom. The van der Waals surface area contributed by atoms with Crippen molar-refractivity contribution in [2.75, 3.05) is 45.8 Å². The predicted molar refractivity (Wildman–Crippen MR) is 83.1 cm³/mol. The Morgan fingerprint density at radius 3 is 2.14 bits per heavy atom. The van der Waals surface area contributed by atoms with E-state index in [0.29, 0.717) is 31.8 Å². The Hall–Kier alpha value is -0.680. The van der Waals surface area contributed by atoms with Gasteiger partial charge in [-0.3, -0.25) is 9.69 Å². The summed E-state index contributed by atoms with van der Waals surface area (Å²) in [5.74, 6) is 0.217. The number of likely N-dealkylation sites (tertiary alicyclic amines) is 1. The summed E-state index contributed by atoms with van der Waals surface area (Å²) in [7, 11) is 0. The normalized spacial score (nSPS) is 24.5. The molecule has 2 fully saturated rings. The Bertz CT molecular complexity index is 345. The molecule has 0 radical (unpaired) electrons. The van der Waals surface area contributed by atoms with Crippen molar-refractivity contribution in [3.05, 3.63) is 0 Å². The van der Waals surface area contributed by atoms with Crippen LogP contribution >= 0.6 is 0 Å². The summed E-state index contributed by atoms with van der Waals surface area (Å²) in [5, 5.41) is 0. The van der Waals surface area contributed by atoms with Crippen LogP contribution < -0.4 is 0 Å². The summed E-state index contributed by atoms with van der Waals surface area (Å²) in [6.07, 6.45) is 1.84. The molecule has 0 unspecified atom stereocenters. The Balaban J connectivity index is 1.77. The molecule has 0 bridgehead atoms. The molecule has 0 aliphatic carbocycles. The van der Waals surface area contributed by atoms with Crippen molar-refractivity contribution in [3.8, 4) is 0 Å². The molecule has 5 heteroatoms. The fraction of sp³-hybridized carbons (Fsp3) is 0.938. The van der Waals surface area contributed by atoms with E-state index in [9.17, 15) is 9.18 Å². The van der Waals surface area contributed by atoms with Crippen LogP contribution in [0.3, 0.4) is 0 Å². The second kappa shape index (κ2) is 7.05. The molecule has 2 saturated heterocycles. The van der Waals surface area contributed by atoms with E-state index >= 15 is 0 Å². The van der Waals surface area contributed by atoms with E-state index in [4.69, 9.17) is 0 Å². The van der Waals surface area contributed by atoms with Gasteiger partial charge in [-0.05, 0) is 26.7 Å². The molecule has 0 saturated carbocycles. The lowest BCUT2D eigenvalue weighted by Crippen LogP contribution is -2.54. The van der Waals surface area contributed by atoms with E-state index in [1.807, 2.05) is 11.8 Å². The number of nitrogens with zero attached hydrogens (tertiary/aromatic N) is 3. The largest absolute Gasteiger partial charge is 0.340 e. The predicted octanol–water partition coefficient (Wildman–Crippen LogP) is 1.75. The van der Waals surface area contributed by atoms with Gasteiger partial charge in [0.05, 0.1) is 0 Å². The quantitative estimate of drug-likeness (QED) is 0.791. The van der Waals surface area contributed by atoms with Gasteiger partial charge in [0.2, 0.25) is 5.91 Å². The first-order chi connectivity index (χ1) is 9.93. The van der Waals surface area contributed by atoms with Gasteiger partial charge in [-0.1, -0.05) is 6.92 Å². The molecular weight excluding hydrogens is 269 g/mol. The van der Waals surface area contributed by atoms with Gasteiger partial charge in [0.1, 0.15) is 5.67 Å². The van der Waals surface area contributed by atoms with Crippen LogP contribution in [0.2, 0.25) is 0 Å². The fourth-order valence-electron chi connectivity index (χ4n) is 3.38. The molecular formula is C16H30FN3O. The van der Waals surface area contributed by atoms with Gasteiger partial charge < -0.3 is 9.80 Å². The van der Waals surface area contributed by atoms with E-state index in [0.717, 1.165) is 39.3 Å². The molecule has 122 valence electrons. The number of halogens is 1. The highest BCUT2D eigenvalue weighted by Crippen LogP contribution is 2.28. The second-order valence-corrected chi connectivity index (χ2v) is 6.79. The van der Waals surface area contributed by atoms with Crippen LogP contribution in [-0.2, 0) is 4.79 Å². The summed E-state index contributed by atoms with van der Waals surface area (Å²) in [6.45, 7) is 11.6. The van der Waals surface area contributed by atoms with Crippen molar-refractivity contribution in [2.45, 2.75) is 51.7 Å². The molecule has 2 aliphatic heterocycles. The van der Waals surface area contributed by atoms with Crippen molar-refractivity contribution in [3.63, 3.8) is 0 Å². The minimum absolute atomic E-state index is 0.217. The van der Waals surface area contributed by atoms with Gasteiger partial charge >= 0.3 is 0 Å². The number of piperidine rings is 1. The smallest absolute Gasteiger partial charge is 0.222 e. The van der Waals surface area contributed by atoms with Crippen LogP contribution in [0.4, 0.5) is 4.39 Å². The second-order valence-electron chi connectivity index (χ2n) is 6.79. The van der Waals surface area contributed by atoms with E-state index < -0.39 is 5.67 Å². The molecule has 0 aromatic rings. The highest BCUT2D eigenvalue weighted by Gasteiger charge is 2.37. The minimum atomic E-state index is -1.04. The maximum atomic E-state index is 15.0. The van der Waals surface area contributed by atoms with Gasteiger partial charge in [0.25, 0.3) is 0 Å². The molecule has 0 atom stereocenters. The van der Waals surface area contributed by atoms with Gasteiger partial charge in [0, 0.05) is 58.3 Å². The number of piperazine rings is 1. The SMILES string of the molecule is CCC(=O)N1CCN(CC2(F)CCN(C(C)C)CC2)CC1. The van der Waals surface area contributed by atoms with E-state index in [1.54, 1.807) is 0 Å². The van der Waals surface area contributed by atoms with Crippen molar-refractivity contribution in [1.29, 1.82) is 0 Å². The van der Waals surface area contributed by atoms with Crippen molar-refractivity contribution in [1.82, 2.24) is 14.7 Å². The summed E-state index contributed by atoms with van der Waals surface area (Å²) in [5.41, 5.74) is -1.04. The third-order valence-electron chi connectivity index (χ3n) is 4.96. The third kappa shape index (κ3) is 4.39.